The molecule has 3 nitrogen and oxygen atoms in total. The van der Waals surface area contributed by atoms with Gasteiger partial charge in [0.05, 0.1) is 11.5 Å². The molecule has 2 N–H and O–H groups in total. The van der Waals surface area contributed by atoms with Gasteiger partial charge in [-0.2, -0.15) is 0 Å². The van der Waals surface area contributed by atoms with Crippen LogP contribution in [0.3, 0.4) is 0 Å². The fourth-order valence-corrected chi connectivity index (χ4v) is 3.89. The van der Waals surface area contributed by atoms with E-state index in [2.05, 4.69) is 16.7 Å². The number of amides is 1. The van der Waals surface area contributed by atoms with E-state index in [9.17, 15) is 4.79 Å². The zero-order valence-corrected chi connectivity index (χ0v) is 12.2. The zero-order valence-electron chi connectivity index (χ0n) is 11.4. The van der Waals surface area contributed by atoms with Gasteiger partial charge in [-0.15, -0.1) is 0 Å². The van der Waals surface area contributed by atoms with Crippen molar-refractivity contribution in [2.75, 3.05) is 11.9 Å². The Kier molecular flexibility index (Phi) is 2.81. The largest absolute Gasteiger partial charge is 0.325 e. The molecule has 1 saturated heterocycles. The van der Waals surface area contributed by atoms with E-state index in [1.807, 2.05) is 42.5 Å². The molecular formula is C17H15ClN2O. The molecule has 2 aliphatic heterocycles. The third-order valence-corrected chi connectivity index (χ3v) is 4.84. The monoisotopic (exact) mass is 298 g/mol. The minimum Gasteiger partial charge on any atom is -0.325 e. The molecule has 1 amide bonds. The average Bonchev–Trinajstić information content (AvgIpc) is 3.04. The summed E-state index contributed by atoms with van der Waals surface area (Å²) in [6, 6.07) is 15.7. The van der Waals surface area contributed by atoms with Crippen molar-refractivity contribution in [3.05, 3.63) is 64.7 Å². The molecule has 1 spiro atoms. The van der Waals surface area contributed by atoms with Crippen molar-refractivity contribution in [3.63, 3.8) is 0 Å². The lowest BCUT2D eigenvalue weighted by atomic mass is 9.73. The second-order valence-electron chi connectivity index (χ2n) is 5.66. The molecule has 2 aromatic rings. The Morgan fingerprint density at radius 1 is 1.14 bits per heavy atom. The van der Waals surface area contributed by atoms with Crippen LogP contribution in [0.2, 0.25) is 5.02 Å². The smallest absolute Gasteiger partial charge is 0.237 e. The molecule has 4 rings (SSSR count). The van der Waals surface area contributed by atoms with E-state index in [0.717, 1.165) is 29.8 Å². The Balaban J connectivity index is 1.89. The van der Waals surface area contributed by atoms with Gasteiger partial charge in [0.2, 0.25) is 5.91 Å². The highest BCUT2D eigenvalue weighted by atomic mass is 35.5. The number of hydrogen-bond donors (Lipinski definition) is 2. The predicted octanol–water partition coefficient (Wildman–Crippen LogP) is 3.26. The van der Waals surface area contributed by atoms with Crippen molar-refractivity contribution in [1.29, 1.82) is 0 Å². The molecule has 0 radical (unpaired) electrons. The van der Waals surface area contributed by atoms with Gasteiger partial charge in [0.1, 0.15) is 0 Å². The lowest BCUT2D eigenvalue weighted by Gasteiger charge is -2.29. The number of benzene rings is 2. The van der Waals surface area contributed by atoms with Crippen molar-refractivity contribution in [1.82, 2.24) is 5.32 Å². The molecule has 2 heterocycles. The quantitative estimate of drug-likeness (QED) is 0.848. The molecule has 2 aliphatic rings. The van der Waals surface area contributed by atoms with Crippen molar-refractivity contribution < 1.29 is 4.79 Å². The molecule has 1 fully saturated rings. The van der Waals surface area contributed by atoms with Gasteiger partial charge in [-0.3, -0.25) is 4.79 Å². The summed E-state index contributed by atoms with van der Waals surface area (Å²) in [5, 5.41) is 7.21. The zero-order chi connectivity index (χ0) is 14.4. The van der Waals surface area contributed by atoms with E-state index >= 15 is 0 Å². The number of nitrogens with one attached hydrogen (secondary N) is 2. The molecule has 4 heteroatoms. The second kappa shape index (κ2) is 4.58. The van der Waals surface area contributed by atoms with Crippen LogP contribution in [0, 0.1) is 0 Å². The van der Waals surface area contributed by atoms with Gasteiger partial charge in [0.25, 0.3) is 0 Å². The molecule has 2 aromatic carbocycles. The summed E-state index contributed by atoms with van der Waals surface area (Å²) >= 11 is 6.13. The molecule has 2 atom stereocenters. The van der Waals surface area contributed by atoms with Crippen LogP contribution in [0.5, 0.6) is 0 Å². The maximum atomic E-state index is 12.7. The number of carbonyl (C=O) groups is 1. The first-order chi connectivity index (χ1) is 10.2. The Morgan fingerprint density at radius 2 is 2.00 bits per heavy atom. The van der Waals surface area contributed by atoms with Gasteiger partial charge < -0.3 is 10.6 Å². The van der Waals surface area contributed by atoms with Gasteiger partial charge in [-0.1, -0.05) is 41.9 Å². The number of rotatable bonds is 1. The lowest BCUT2D eigenvalue weighted by Crippen LogP contribution is -2.39. The SMILES string of the molecule is O=C1Nc2ccccc2[C@@]12CCN[C@H]2c1cccc(Cl)c1. The molecule has 0 unspecified atom stereocenters. The van der Waals surface area contributed by atoms with Crippen LogP contribution in [0.15, 0.2) is 48.5 Å². The molecule has 0 aromatic heterocycles. The van der Waals surface area contributed by atoms with Crippen LogP contribution in [-0.4, -0.2) is 12.5 Å². The third kappa shape index (κ3) is 1.74. The summed E-state index contributed by atoms with van der Waals surface area (Å²) in [5.41, 5.74) is 2.55. The van der Waals surface area contributed by atoms with Gasteiger partial charge in [0.15, 0.2) is 0 Å². The van der Waals surface area contributed by atoms with Gasteiger partial charge in [-0.25, -0.2) is 0 Å². The number of fused-ring (bicyclic) bond motifs is 2. The number of carbonyl (C=O) groups excluding carboxylic acids is 1. The van der Waals surface area contributed by atoms with Crippen LogP contribution in [0.25, 0.3) is 0 Å². The molecular weight excluding hydrogens is 284 g/mol. The van der Waals surface area contributed by atoms with E-state index in [-0.39, 0.29) is 11.9 Å². The highest BCUT2D eigenvalue weighted by Crippen LogP contribution is 2.50. The molecule has 0 bridgehead atoms. The molecule has 106 valence electrons. The normalized spacial score (nSPS) is 26.9. The second-order valence-corrected chi connectivity index (χ2v) is 6.10. The number of halogens is 1. The number of anilines is 1. The van der Waals surface area contributed by atoms with E-state index < -0.39 is 5.41 Å². The summed E-state index contributed by atoms with van der Waals surface area (Å²) in [5.74, 6) is 0.0821. The highest BCUT2D eigenvalue weighted by Gasteiger charge is 2.55. The lowest BCUT2D eigenvalue weighted by molar-refractivity contribution is -0.121. The first-order valence-electron chi connectivity index (χ1n) is 7.11. The van der Waals surface area contributed by atoms with E-state index in [0.29, 0.717) is 5.02 Å². The van der Waals surface area contributed by atoms with Crippen molar-refractivity contribution in [2.45, 2.75) is 17.9 Å². The fraction of sp³-hybridized carbons (Fsp3) is 0.235. The van der Waals surface area contributed by atoms with Gasteiger partial charge in [-0.05, 0) is 42.3 Å². The van der Waals surface area contributed by atoms with Crippen molar-refractivity contribution in [2.24, 2.45) is 0 Å². The Morgan fingerprint density at radius 3 is 2.86 bits per heavy atom. The minimum absolute atomic E-state index is 0.0418. The summed E-state index contributed by atoms with van der Waals surface area (Å²) < 4.78 is 0. The maximum absolute atomic E-state index is 12.7. The van der Waals surface area contributed by atoms with Crippen molar-refractivity contribution >= 4 is 23.2 Å². The first kappa shape index (κ1) is 12.9. The Labute approximate surface area is 128 Å². The topological polar surface area (TPSA) is 41.1 Å². The van der Waals surface area contributed by atoms with Crippen LogP contribution >= 0.6 is 11.6 Å². The molecule has 21 heavy (non-hydrogen) atoms. The predicted molar refractivity (Wildman–Crippen MR) is 83.6 cm³/mol. The fourth-order valence-electron chi connectivity index (χ4n) is 3.69. The van der Waals surface area contributed by atoms with E-state index in [1.54, 1.807) is 0 Å². The Hall–Kier alpha value is -1.84. The van der Waals surface area contributed by atoms with Crippen LogP contribution in [0.1, 0.15) is 23.6 Å². The van der Waals surface area contributed by atoms with Crippen LogP contribution < -0.4 is 10.6 Å². The summed E-state index contributed by atoms with van der Waals surface area (Å²) in [7, 11) is 0. The number of hydrogen-bond acceptors (Lipinski definition) is 2. The highest BCUT2D eigenvalue weighted by molar-refractivity contribution is 6.30. The first-order valence-corrected chi connectivity index (χ1v) is 7.49. The molecule has 0 saturated carbocycles. The summed E-state index contributed by atoms with van der Waals surface area (Å²) in [6.45, 7) is 0.818. The van der Waals surface area contributed by atoms with Crippen LogP contribution in [0.4, 0.5) is 5.69 Å². The van der Waals surface area contributed by atoms with E-state index in [1.165, 1.54) is 0 Å². The van der Waals surface area contributed by atoms with Gasteiger partial charge in [0, 0.05) is 10.7 Å². The third-order valence-electron chi connectivity index (χ3n) is 4.60. The Bertz CT molecular complexity index is 730. The average molecular weight is 299 g/mol. The van der Waals surface area contributed by atoms with Crippen LogP contribution in [-0.2, 0) is 10.2 Å². The minimum atomic E-state index is -0.527. The summed E-state index contributed by atoms with van der Waals surface area (Å²) in [4.78, 5) is 12.7. The maximum Gasteiger partial charge on any atom is 0.237 e. The standard InChI is InChI=1S/C17H15ClN2O/c18-12-5-3-4-11(10-12)15-17(8-9-19-15)13-6-1-2-7-14(13)20-16(17)21/h1-7,10,15,19H,8-9H2,(H,20,21)/t15-,17+/m0/s1. The summed E-state index contributed by atoms with van der Waals surface area (Å²) in [6.07, 6.45) is 0.799. The number of para-hydroxylation sites is 1. The van der Waals surface area contributed by atoms with Gasteiger partial charge >= 0.3 is 0 Å². The molecule has 0 aliphatic carbocycles. The van der Waals surface area contributed by atoms with Crippen molar-refractivity contribution in [3.8, 4) is 0 Å². The van der Waals surface area contributed by atoms with E-state index in [4.69, 9.17) is 11.6 Å².